The van der Waals surface area contributed by atoms with E-state index in [-0.39, 0.29) is 5.91 Å². The smallest absolute Gasteiger partial charge is 0.239 e. The summed E-state index contributed by atoms with van der Waals surface area (Å²) in [6.07, 6.45) is 5.35. The van der Waals surface area contributed by atoms with E-state index in [1.165, 1.54) is 6.39 Å². The molecule has 0 unspecified atom stereocenters. The van der Waals surface area contributed by atoms with Crippen LogP contribution in [0.3, 0.4) is 0 Å². The Bertz CT molecular complexity index is 894. The van der Waals surface area contributed by atoms with Crippen molar-refractivity contribution in [2.24, 2.45) is 0 Å². The van der Waals surface area contributed by atoms with Crippen LogP contribution in [0, 0.1) is 0 Å². The number of amides is 1. The predicted octanol–water partition coefficient (Wildman–Crippen LogP) is 2.71. The first-order valence-electron chi connectivity index (χ1n) is 8.39. The Balaban J connectivity index is 1.52. The number of carbonyl (C=O) groups is 1. The van der Waals surface area contributed by atoms with Gasteiger partial charge in [-0.1, -0.05) is 0 Å². The Morgan fingerprint density at radius 2 is 2.28 bits per heavy atom. The standard InChI is InChI=1S/C18H19N5O2/c1-12-3-2-6-23(12)10-18(24)20-17-8-14-7-13(16-9-19-11-25-16)4-5-15(14)21-22-17/h4-5,7-9,11-12H,2-3,6,10H2,1H3,(H,20,22,24)/t12-/m1/s1. The molecule has 1 saturated heterocycles. The number of aromatic nitrogens is 3. The highest BCUT2D eigenvalue weighted by Gasteiger charge is 2.22. The number of carbonyl (C=O) groups excluding carboxylic acids is 1. The van der Waals surface area contributed by atoms with Crippen LogP contribution >= 0.6 is 0 Å². The zero-order chi connectivity index (χ0) is 17.2. The maximum absolute atomic E-state index is 12.3. The molecule has 1 aliphatic heterocycles. The zero-order valence-corrected chi connectivity index (χ0v) is 14.0. The summed E-state index contributed by atoms with van der Waals surface area (Å²) in [6, 6.07) is 8.01. The van der Waals surface area contributed by atoms with Crippen molar-refractivity contribution in [2.75, 3.05) is 18.4 Å². The van der Waals surface area contributed by atoms with Gasteiger partial charge in [-0.3, -0.25) is 9.69 Å². The minimum absolute atomic E-state index is 0.0613. The molecular weight excluding hydrogens is 318 g/mol. The summed E-state index contributed by atoms with van der Waals surface area (Å²) in [5, 5.41) is 12.0. The van der Waals surface area contributed by atoms with Crippen molar-refractivity contribution in [3.8, 4) is 11.3 Å². The third kappa shape index (κ3) is 3.36. The van der Waals surface area contributed by atoms with Gasteiger partial charge >= 0.3 is 0 Å². The first-order valence-corrected chi connectivity index (χ1v) is 8.39. The van der Waals surface area contributed by atoms with Crippen LogP contribution in [0.15, 0.2) is 41.3 Å². The van der Waals surface area contributed by atoms with Gasteiger partial charge in [-0.15, -0.1) is 10.2 Å². The van der Waals surface area contributed by atoms with E-state index in [9.17, 15) is 4.79 Å². The summed E-state index contributed by atoms with van der Waals surface area (Å²) in [4.78, 5) is 18.4. The van der Waals surface area contributed by atoms with Crippen LogP contribution in [-0.2, 0) is 4.79 Å². The number of rotatable bonds is 4. The summed E-state index contributed by atoms with van der Waals surface area (Å²) in [6.45, 7) is 3.51. The maximum atomic E-state index is 12.3. The Labute approximate surface area is 145 Å². The van der Waals surface area contributed by atoms with Gasteiger partial charge in [-0.25, -0.2) is 4.98 Å². The number of likely N-dealkylation sites (tertiary alicyclic amines) is 1. The molecule has 0 aliphatic carbocycles. The van der Waals surface area contributed by atoms with Crippen molar-refractivity contribution in [3.05, 3.63) is 36.9 Å². The second kappa shape index (κ2) is 6.60. The molecule has 0 bridgehead atoms. The quantitative estimate of drug-likeness (QED) is 0.788. The minimum atomic E-state index is -0.0613. The molecule has 3 aromatic rings. The lowest BCUT2D eigenvalue weighted by molar-refractivity contribution is -0.117. The number of hydrogen-bond acceptors (Lipinski definition) is 6. The Morgan fingerprint density at radius 1 is 1.36 bits per heavy atom. The van der Waals surface area contributed by atoms with Gasteiger partial charge in [-0.05, 0) is 50.6 Å². The summed E-state index contributed by atoms with van der Waals surface area (Å²) in [5.41, 5.74) is 1.66. The molecule has 1 atom stereocenters. The van der Waals surface area contributed by atoms with Gasteiger partial charge in [0.15, 0.2) is 18.0 Å². The Morgan fingerprint density at radius 3 is 3.04 bits per heavy atom. The van der Waals surface area contributed by atoms with Crippen molar-refractivity contribution in [3.63, 3.8) is 0 Å². The number of anilines is 1. The van der Waals surface area contributed by atoms with Crippen molar-refractivity contribution in [2.45, 2.75) is 25.8 Å². The van der Waals surface area contributed by atoms with Crippen LogP contribution in [0.5, 0.6) is 0 Å². The second-order valence-electron chi connectivity index (χ2n) is 6.38. The fraction of sp³-hybridized carbons (Fsp3) is 0.333. The van der Waals surface area contributed by atoms with E-state index < -0.39 is 0 Å². The van der Waals surface area contributed by atoms with E-state index in [4.69, 9.17) is 4.42 Å². The van der Waals surface area contributed by atoms with E-state index >= 15 is 0 Å². The van der Waals surface area contributed by atoms with Crippen LogP contribution in [-0.4, -0.2) is 45.1 Å². The van der Waals surface area contributed by atoms with Crippen molar-refractivity contribution < 1.29 is 9.21 Å². The van der Waals surface area contributed by atoms with Gasteiger partial charge in [0.1, 0.15) is 0 Å². The van der Waals surface area contributed by atoms with Gasteiger partial charge in [0, 0.05) is 17.0 Å². The monoisotopic (exact) mass is 337 g/mol. The van der Waals surface area contributed by atoms with E-state index in [0.717, 1.165) is 35.9 Å². The van der Waals surface area contributed by atoms with E-state index in [1.54, 1.807) is 6.20 Å². The van der Waals surface area contributed by atoms with Gasteiger partial charge in [0.2, 0.25) is 5.91 Å². The largest absolute Gasteiger partial charge is 0.444 e. The molecule has 2 aromatic heterocycles. The Hall–Kier alpha value is -2.80. The number of nitrogens with one attached hydrogen (secondary N) is 1. The normalized spacial score (nSPS) is 17.9. The topological polar surface area (TPSA) is 84.2 Å². The van der Waals surface area contributed by atoms with Crippen LogP contribution in [0.1, 0.15) is 19.8 Å². The average molecular weight is 337 g/mol. The molecule has 4 rings (SSSR count). The van der Waals surface area contributed by atoms with Crippen molar-refractivity contribution in [1.29, 1.82) is 0 Å². The van der Waals surface area contributed by atoms with Crippen LogP contribution in [0.2, 0.25) is 0 Å². The molecule has 1 amide bonds. The lowest BCUT2D eigenvalue weighted by Crippen LogP contribution is -2.35. The van der Waals surface area contributed by atoms with Crippen LogP contribution in [0.25, 0.3) is 22.2 Å². The number of oxazole rings is 1. The lowest BCUT2D eigenvalue weighted by Gasteiger charge is -2.19. The van der Waals surface area contributed by atoms with Crippen molar-refractivity contribution >= 4 is 22.6 Å². The number of fused-ring (bicyclic) bond motifs is 1. The highest BCUT2D eigenvalue weighted by Crippen LogP contribution is 2.24. The van der Waals surface area contributed by atoms with Gasteiger partial charge in [0.25, 0.3) is 0 Å². The van der Waals surface area contributed by atoms with E-state index in [0.29, 0.717) is 24.2 Å². The van der Waals surface area contributed by atoms with Crippen LogP contribution < -0.4 is 5.32 Å². The molecule has 128 valence electrons. The molecule has 0 spiro atoms. The fourth-order valence-electron chi connectivity index (χ4n) is 3.21. The third-order valence-electron chi connectivity index (χ3n) is 4.61. The van der Waals surface area contributed by atoms with Crippen LogP contribution in [0.4, 0.5) is 5.82 Å². The molecule has 1 fully saturated rings. The van der Waals surface area contributed by atoms with Gasteiger partial charge in [-0.2, -0.15) is 0 Å². The first kappa shape index (κ1) is 15.7. The molecule has 25 heavy (non-hydrogen) atoms. The molecule has 1 aromatic carbocycles. The summed E-state index contributed by atoms with van der Waals surface area (Å²) in [7, 11) is 0. The highest BCUT2D eigenvalue weighted by molar-refractivity contribution is 5.93. The zero-order valence-electron chi connectivity index (χ0n) is 14.0. The average Bonchev–Trinajstić information content (AvgIpc) is 3.27. The Kier molecular flexibility index (Phi) is 4.15. The number of hydrogen-bond donors (Lipinski definition) is 1. The molecule has 0 saturated carbocycles. The third-order valence-corrected chi connectivity index (χ3v) is 4.61. The molecular formula is C18H19N5O2. The summed E-state index contributed by atoms with van der Waals surface area (Å²) >= 11 is 0. The molecule has 7 heteroatoms. The SMILES string of the molecule is C[C@@H]1CCCN1CC(=O)Nc1cc2cc(-c3cnco3)ccc2nn1. The molecule has 3 heterocycles. The molecule has 0 radical (unpaired) electrons. The maximum Gasteiger partial charge on any atom is 0.239 e. The predicted molar refractivity (Wildman–Crippen MR) is 93.9 cm³/mol. The number of benzene rings is 1. The van der Waals surface area contributed by atoms with E-state index in [1.807, 2.05) is 24.3 Å². The second-order valence-corrected chi connectivity index (χ2v) is 6.38. The highest BCUT2D eigenvalue weighted by atomic mass is 16.3. The summed E-state index contributed by atoms with van der Waals surface area (Å²) in [5.74, 6) is 1.08. The molecule has 1 aliphatic rings. The number of nitrogens with zero attached hydrogens (tertiary/aromatic N) is 4. The van der Waals surface area contributed by atoms with Gasteiger partial charge in [0.05, 0.1) is 18.3 Å². The summed E-state index contributed by atoms with van der Waals surface area (Å²) < 4.78 is 5.33. The molecule has 1 N–H and O–H groups in total. The first-order chi connectivity index (χ1) is 12.2. The van der Waals surface area contributed by atoms with Gasteiger partial charge < -0.3 is 9.73 Å². The fourth-order valence-corrected chi connectivity index (χ4v) is 3.21. The molecule has 7 nitrogen and oxygen atoms in total. The van der Waals surface area contributed by atoms with Crippen molar-refractivity contribution in [1.82, 2.24) is 20.1 Å². The van der Waals surface area contributed by atoms with E-state index in [2.05, 4.69) is 32.3 Å². The minimum Gasteiger partial charge on any atom is -0.444 e. The lowest BCUT2D eigenvalue weighted by atomic mass is 10.1.